The van der Waals surface area contributed by atoms with Crippen molar-refractivity contribution in [3.8, 4) is 0 Å². The fourth-order valence-electron chi connectivity index (χ4n) is 4.19. The Morgan fingerprint density at radius 2 is 1.08 bits per heavy atom. The molecular formula is C24H48N2. The summed E-state index contributed by atoms with van der Waals surface area (Å²) in [5, 5.41) is 0. The third kappa shape index (κ3) is 14.6. The first-order valence-corrected chi connectivity index (χ1v) is 12.1. The van der Waals surface area contributed by atoms with Crippen LogP contribution >= 0.6 is 0 Å². The summed E-state index contributed by atoms with van der Waals surface area (Å²) in [5.41, 5.74) is 6.11. The van der Waals surface area contributed by atoms with Crippen molar-refractivity contribution < 1.29 is 0 Å². The summed E-state index contributed by atoms with van der Waals surface area (Å²) in [6, 6.07) is 0.542. The van der Waals surface area contributed by atoms with Crippen molar-refractivity contribution in [2.24, 2.45) is 10.7 Å². The van der Waals surface area contributed by atoms with Crippen LogP contribution in [0.4, 0.5) is 0 Å². The van der Waals surface area contributed by atoms with Crippen LogP contribution in [0.25, 0.3) is 0 Å². The Balaban J connectivity index is 1.77. The maximum atomic E-state index is 6.11. The molecule has 0 spiro atoms. The predicted octanol–water partition coefficient (Wildman–Crippen LogP) is 7.94. The highest BCUT2D eigenvalue weighted by Crippen LogP contribution is 2.20. The molecule has 0 unspecified atom stereocenters. The molecule has 1 fully saturated rings. The van der Waals surface area contributed by atoms with E-state index in [0.29, 0.717) is 6.04 Å². The van der Waals surface area contributed by atoms with Gasteiger partial charge in [0, 0.05) is 6.42 Å². The van der Waals surface area contributed by atoms with E-state index < -0.39 is 0 Å². The molecule has 1 aliphatic carbocycles. The molecule has 0 aromatic carbocycles. The molecule has 0 amide bonds. The highest BCUT2D eigenvalue weighted by atomic mass is 14.9. The Hall–Kier alpha value is -0.530. The van der Waals surface area contributed by atoms with E-state index in [-0.39, 0.29) is 0 Å². The Morgan fingerprint density at radius 3 is 1.54 bits per heavy atom. The Morgan fingerprint density at radius 1 is 0.654 bits per heavy atom. The van der Waals surface area contributed by atoms with Crippen LogP contribution in [0.2, 0.25) is 0 Å². The van der Waals surface area contributed by atoms with E-state index in [4.69, 9.17) is 10.7 Å². The number of hydrogen-bond acceptors (Lipinski definition) is 1. The van der Waals surface area contributed by atoms with E-state index in [1.165, 1.54) is 128 Å². The molecule has 0 aromatic rings. The Kier molecular flexibility index (Phi) is 16.2. The van der Waals surface area contributed by atoms with Crippen LogP contribution in [0.3, 0.4) is 0 Å². The van der Waals surface area contributed by atoms with E-state index in [1.807, 2.05) is 0 Å². The van der Waals surface area contributed by atoms with Gasteiger partial charge in [-0.15, -0.1) is 0 Å². The zero-order valence-electron chi connectivity index (χ0n) is 18.0. The molecule has 1 rings (SSSR count). The quantitative estimate of drug-likeness (QED) is 0.159. The lowest BCUT2D eigenvalue weighted by Gasteiger charge is -2.18. The monoisotopic (exact) mass is 364 g/mol. The van der Waals surface area contributed by atoms with Gasteiger partial charge < -0.3 is 5.73 Å². The largest absolute Gasteiger partial charge is 0.387 e. The summed E-state index contributed by atoms with van der Waals surface area (Å²) < 4.78 is 0. The van der Waals surface area contributed by atoms with Crippen LogP contribution in [0.1, 0.15) is 142 Å². The molecule has 0 saturated heterocycles. The fraction of sp³-hybridized carbons (Fsp3) is 0.958. The topological polar surface area (TPSA) is 38.4 Å². The second-order valence-electron chi connectivity index (χ2n) is 8.61. The third-order valence-electron chi connectivity index (χ3n) is 5.96. The first-order chi connectivity index (χ1) is 12.8. The molecule has 0 aromatic heterocycles. The van der Waals surface area contributed by atoms with Gasteiger partial charge in [-0.05, 0) is 19.3 Å². The minimum absolute atomic E-state index is 0.542. The van der Waals surface area contributed by atoms with Crippen LogP contribution in [-0.2, 0) is 0 Å². The van der Waals surface area contributed by atoms with Gasteiger partial charge in [0.25, 0.3) is 0 Å². The van der Waals surface area contributed by atoms with Gasteiger partial charge in [-0.2, -0.15) is 0 Å². The summed E-state index contributed by atoms with van der Waals surface area (Å²) in [4.78, 5) is 4.73. The van der Waals surface area contributed by atoms with Crippen LogP contribution in [0, 0.1) is 0 Å². The van der Waals surface area contributed by atoms with Crippen molar-refractivity contribution in [2.45, 2.75) is 148 Å². The minimum atomic E-state index is 0.542. The summed E-state index contributed by atoms with van der Waals surface area (Å²) >= 11 is 0. The van der Waals surface area contributed by atoms with Crippen LogP contribution in [-0.4, -0.2) is 11.9 Å². The number of amidine groups is 1. The van der Waals surface area contributed by atoms with E-state index in [0.717, 1.165) is 12.3 Å². The Bertz CT molecular complexity index is 318. The molecule has 154 valence electrons. The first kappa shape index (κ1) is 23.5. The highest BCUT2D eigenvalue weighted by Gasteiger charge is 2.12. The lowest BCUT2D eigenvalue weighted by Crippen LogP contribution is -2.18. The smallest absolute Gasteiger partial charge is 0.0940 e. The number of rotatable bonds is 17. The van der Waals surface area contributed by atoms with Crippen molar-refractivity contribution in [1.29, 1.82) is 0 Å². The van der Waals surface area contributed by atoms with E-state index >= 15 is 0 Å². The zero-order valence-corrected chi connectivity index (χ0v) is 18.0. The third-order valence-corrected chi connectivity index (χ3v) is 5.96. The second-order valence-corrected chi connectivity index (χ2v) is 8.61. The normalized spacial score (nSPS) is 16.3. The minimum Gasteiger partial charge on any atom is -0.387 e. The maximum absolute atomic E-state index is 6.11. The number of nitrogens with two attached hydrogens (primary N) is 1. The van der Waals surface area contributed by atoms with Crippen LogP contribution < -0.4 is 5.73 Å². The highest BCUT2D eigenvalue weighted by molar-refractivity contribution is 5.80. The SMILES string of the molecule is CCCCCCCCCCCCCCCCCC(N)=NC1CCCCC1. The number of unbranched alkanes of at least 4 members (excludes halogenated alkanes) is 14. The standard InChI is InChI=1S/C24H48N2/c1-2-3-4-5-6-7-8-9-10-11-12-13-14-15-19-22-24(25)26-23-20-17-16-18-21-23/h23H,2-22H2,1H3,(H2,25,26). The van der Waals surface area contributed by atoms with Gasteiger partial charge in [-0.3, -0.25) is 4.99 Å². The van der Waals surface area contributed by atoms with Crippen LogP contribution in [0.5, 0.6) is 0 Å². The van der Waals surface area contributed by atoms with Gasteiger partial charge in [0.05, 0.1) is 11.9 Å². The molecule has 2 nitrogen and oxygen atoms in total. The van der Waals surface area contributed by atoms with E-state index in [1.54, 1.807) is 0 Å². The molecular weight excluding hydrogens is 316 g/mol. The lowest BCUT2D eigenvalue weighted by molar-refractivity contribution is 0.442. The van der Waals surface area contributed by atoms with Crippen molar-refractivity contribution in [1.82, 2.24) is 0 Å². The lowest BCUT2D eigenvalue weighted by atomic mass is 9.96. The molecule has 0 atom stereocenters. The van der Waals surface area contributed by atoms with Gasteiger partial charge in [0.15, 0.2) is 0 Å². The van der Waals surface area contributed by atoms with Gasteiger partial charge in [0.1, 0.15) is 0 Å². The number of nitrogens with zero attached hydrogens (tertiary/aromatic N) is 1. The number of aliphatic imine (C=N–C) groups is 1. The first-order valence-electron chi connectivity index (χ1n) is 12.1. The zero-order chi connectivity index (χ0) is 18.7. The van der Waals surface area contributed by atoms with Crippen LogP contribution in [0.15, 0.2) is 4.99 Å². The molecule has 26 heavy (non-hydrogen) atoms. The summed E-state index contributed by atoms with van der Waals surface area (Å²) in [6.07, 6.45) is 28.9. The van der Waals surface area contributed by atoms with Crippen molar-refractivity contribution in [3.05, 3.63) is 0 Å². The average molecular weight is 365 g/mol. The number of hydrogen-bond donors (Lipinski definition) is 1. The predicted molar refractivity (Wildman–Crippen MR) is 118 cm³/mol. The summed E-state index contributed by atoms with van der Waals surface area (Å²) in [5.74, 6) is 0.923. The van der Waals surface area contributed by atoms with Gasteiger partial charge in [0.2, 0.25) is 0 Å². The Labute approximate surface area is 164 Å². The van der Waals surface area contributed by atoms with Gasteiger partial charge >= 0.3 is 0 Å². The van der Waals surface area contributed by atoms with Gasteiger partial charge in [-0.1, -0.05) is 116 Å². The molecule has 1 saturated carbocycles. The summed E-state index contributed by atoms with van der Waals surface area (Å²) in [6.45, 7) is 2.29. The van der Waals surface area contributed by atoms with Crippen molar-refractivity contribution >= 4 is 5.84 Å². The molecule has 2 heteroatoms. The molecule has 2 N–H and O–H groups in total. The van der Waals surface area contributed by atoms with Gasteiger partial charge in [-0.25, -0.2) is 0 Å². The van der Waals surface area contributed by atoms with Crippen molar-refractivity contribution in [2.75, 3.05) is 0 Å². The fourth-order valence-corrected chi connectivity index (χ4v) is 4.19. The molecule has 1 aliphatic rings. The second kappa shape index (κ2) is 17.9. The average Bonchev–Trinajstić information content (AvgIpc) is 2.65. The summed E-state index contributed by atoms with van der Waals surface area (Å²) in [7, 11) is 0. The van der Waals surface area contributed by atoms with E-state index in [2.05, 4.69) is 6.92 Å². The molecule has 0 radical (unpaired) electrons. The van der Waals surface area contributed by atoms with Crippen molar-refractivity contribution in [3.63, 3.8) is 0 Å². The van der Waals surface area contributed by atoms with E-state index in [9.17, 15) is 0 Å². The molecule has 0 heterocycles. The molecule has 0 bridgehead atoms. The molecule has 0 aliphatic heterocycles. The maximum Gasteiger partial charge on any atom is 0.0940 e.